The molecule has 0 aliphatic carbocycles. The number of carbonyl (C=O) groups excluding carboxylic acids is 1. The van der Waals surface area contributed by atoms with Crippen molar-refractivity contribution in [3.8, 4) is 34.5 Å². The summed E-state index contributed by atoms with van der Waals surface area (Å²) < 4.78 is 44.6. The van der Waals surface area contributed by atoms with E-state index in [9.17, 15) is 14.7 Å². The largest absolute Gasteiger partial charge is 0.490 e. The predicted molar refractivity (Wildman–Crippen MR) is 597 cm³/mol. The van der Waals surface area contributed by atoms with Crippen LogP contribution in [0.15, 0.2) is 24.3 Å². The van der Waals surface area contributed by atoms with Gasteiger partial charge in [0.2, 0.25) is 11.5 Å². The van der Waals surface area contributed by atoms with E-state index in [1.165, 1.54) is 559 Å². The predicted octanol–water partition coefficient (Wildman–Crippen LogP) is 42.4. The molecule has 0 aromatic heterocycles. The highest BCUT2D eigenvalue weighted by Gasteiger charge is 2.25. The first-order chi connectivity index (χ1) is 67.8. The van der Waals surface area contributed by atoms with Gasteiger partial charge in [0.15, 0.2) is 23.0 Å². The van der Waals surface area contributed by atoms with E-state index in [1.807, 2.05) is 17.0 Å². The number of amides is 1. The average Bonchev–Trinajstić information content (AvgIpc) is 0.799. The molecule has 0 saturated carbocycles. The maximum Gasteiger partial charge on any atom is 0.335 e. The smallest absolute Gasteiger partial charge is 0.335 e. The second-order valence-electron chi connectivity index (χ2n) is 42.7. The molecule has 1 aliphatic rings. The van der Waals surface area contributed by atoms with Crippen molar-refractivity contribution >= 4 is 11.9 Å². The lowest BCUT2D eigenvalue weighted by Crippen LogP contribution is -2.40. The molecule has 1 amide bonds. The van der Waals surface area contributed by atoms with Gasteiger partial charge in [0.25, 0.3) is 5.91 Å². The number of carboxylic acid groups (broad SMARTS) is 1. The molecule has 0 spiro atoms. The van der Waals surface area contributed by atoms with E-state index in [0.29, 0.717) is 106 Å². The number of carboxylic acids is 1. The van der Waals surface area contributed by atoms with Gasteiger partial charge < -0.3 is 43.2 Å². The summed E-state index contributed by atoms with van der Waals surface area (Å²) in [6.07, 6.45) is 129. The van der Waals surface area contributed by atoms with E-state index in [-0.39, 0.29) is 11.5 Å². The first-order valence-electron chi connectivity index (χ1n) is 62.1. The number of morpholine rings is 1. The van der Waals surface area contributed by atoms with E-state index in [1.54, 1.807) is 12.1 Å². The lowest BCUT2D eigenvalue weighted by Gasteiger charge is -2.27. The molecular weight excluding hydrogens is 1690 g/mol. The standard InChI is InChI=1S/C65H121NO5.C61H114O5/c1-4-7-10-13-16-19-22-25-28-31-34-37-40-43-46-49-54-69-62-59-61(65(67)66-52-57-68-58-53-66)60-63(70-55-50-47-44-41-38-35-32-29-26-23-20-17-14-11-8-5-2)64(62)71-56-51-48-45-42-39-36-33-30-27-24-21-18-15-12-9-6-3;1-4-7-10-13-16-19-22-25-28-31-34-37-40-43-46-49-52-64-58-55-57(61(62)63)56-59(65-53-50-47-44-41-38-35-32-29-26-23-20-17-14-11-8-5-2)60(58)66-54-51-48-45-42-39-36-33-30-27-24-21-18-15-12-9-6-3/h59-60H,4-58H2,1-3H3;55-56H,4-54H2,1-3H3,(H,62,63). The van der Waals surface area contributed by atoms with Crippen LogP contribution in [0, 0.1) is 0 Å². The lowest BCUT2D eigenvalue weighted by molar-refractivity contribution is 0.0302. The highest BCUT2D eigenvalue weighted by Crippen LogP contribution is 2.42. The van der Waals surface area contributed by atoms with Gasteiger partial charge in [-0.05, 0) is 62.8 Å². The van der Waals surface area contributed by atoms with E-state index >= 15 is 0 Å². The van der Waals surface area contributed by atoms with Gasteiger partial charge in [-0.15, -0.1) is 0 Å². The van der Waals surface area contributed by atoms with Crippen LogP contribution in [-0.4, -0.2) is 87.8 Å². The first kappa shape index (κ1) is 129. The summed E-state index contributed by atoms with van der Waals surface area (Å²) in [7, 11) is 0. The summed E-state index contributed by atoms with van der Waals surface area (Å²) in [6.45, 7) is 19.8. The minimum atomic E-state index is -0.959. The third kappa shape index (κ3) is 85.1. The molecule has 2 aromatic carbocycles. The fraction of sp³-hybridized carbons (Fsp3) is 0.889. The van der Waals surface area contributed by atoms with Crippen LogP contribution in [0.5, 0.6) is 34.5 Å². The maximum atomic E-state index is 13.9. The second kappa shape index (κ2) is 106. The van der Waals surface area contributed by atoms with E-state index < -0.39 is 5.97 Å². The molecule has 0 atom stereocenters. The maximum absolute atomic E-state index is 13.9. The molecule has 1 saturated heterocycles. The Labute approximate surface area is 853 Å². The Hall–Kier alpha value is -3.86. The van der Waals surface area contributed by atoms with Gasteiger partial charge in [-0.2, -0.15) is 0 Å². The molecular formula is C126H235NO10. The Morgan fingerprint density at radius 1 is 0.204 bits per heavy atom. The second-order valence-corrected chi connectivity index (χ2v) is 42.7. The summed E-state index contributed by atoms with van der Waals surface area (Å²) in [5.41, 5.74) is 0.833. The van der Waals surface area contributed by atoms with Crippen molar-refractivity contribution in [3.63, 3.8) is 0 Å². The molecule has 11 heteroatoms. The van der Waals surface area contributed by atoms with Gasteiger partial charge in [0.1, 0.15) is 0 Å². The summed E-state index contributed by atoms with van der Waals surface area (Å²) in [4.78, 5) is 28.1. The fourth-order valence-corrected chi connectivity index (χ4v) is 20.0. The van der Waals surface area contributed by atoms with Crippen LogP contribution in [0.3, 0.4) is 0 Å². The molecule has 1 fully saturated rings. The molecule has 1 aliphatic heterocycles. The third-order valence-corrected chi connectivity index (χ3v) is 29.3. The minimum absolute atomic E-state index is 0.0252. The molecule has 0 unspecified atom stereocenters. The van der Waals surface area contributed by atoms with Crippen LogP contribution < -0.4 is 28.4 Å². The monoisotopic (exact) mass is 1920 g/mol. The highest BCUT2D eigenvalue weighted by molar-refractivity contribution is 5.95. The number of unbranched alkanes of at least 4 members (excludes halogenated alkanes) is 90. The van der Waals surface area contributed by atoms with Crippen LogP contribution in [-0.2, 0) is 4.74 Å². The van der Waals surface area contributed by atoms with Gasteiger partial charge in [0.05, 0.1) is 58.4 Å². The van der Waals surface area contributed by atoms with Gasteiger partial charge >= 0.3 is 5.97 Å². The topological polar surface area (TPSA) is 122 Å². The molecule has 1 N–H and O–H groups in total. The summed E-state index contributed by atoms with van der Waals surface area (Å²) in [5.74, 6) is 2.73. The van der Waals surface area contributed by atoms with Crippen LogP contribution in [0.2, 0.25) is 0 Å². The highest BCUT2D eigenvalue weighted by atomic mass is 16.5. The Balaban J connectivity index is 0.000000929. The number of rotatable bonds is 110. The van der Waals surface area contributed by atoms with Gasteiger partial charge in [0, 0.05) is 18.7 Å². The van der Waals surface area contributed by atoms with E-state index in [2.05, 4.69) is 41.5 Å². The number of benzene rings is 2. The van der Waals surface area contributed by atoms with E-state index in [0.717, 1.165) is 57.8 Å². The third-order valence-electron chi connectivity index (χ3n) is 29.3. The van der Waals surface area contributed by atoms with Crippen molar-refractivity contribution in [2.75, 3.05) is 65.9 Å². The summed E-state index contributed by atoms with van der Waals surface area (Å²) in [5, 5.41) is 10.0. The first-order valence-corrected chi connectivity index (χ1v) is 62.1. The van der Waals surface area contributed by atoms with Crippen LogP contribution in [0.4, 0.5) is 0 Å². The number of carbonyl (C=O) groups is 2. The van der Waals surface area contributed by atoms with Crippen molar-refractivity contribution in [2.45, 2.75) is 658 Å². The Kier molecular flexibility index (Phi) is 100. The van der Waals surface area contributed by atoms with Crippen LogP contribution in [0.25, 0.3) is 0 Å². The molecule has 0 bridgehead atoms. The Morgan fingerprint density at radius 3 is 0.482 bits per heavy atom. The van der Waals surface area contributed by atoms with Crippen LogP contribution in [0.1, 0.15) is 679 Å². The van der Waals surface area contributed by atoms with Crippen molar-refractivity contribution in [2.24, 2.45) is 0 Å². The van der Waals surface area contributed by atoms with Gasteiger partial charge in [-0.3, -0.25) is 4.79 Å². The molecule has 0 radical (unpaired) electrons. The van der Waals surface area contributed by atoms with Gasteiger partial charge in [-0.1, -0.05) is 619 Å². The summed E-state index contributed by atoms with van der Waals surface area (Å²) >= 11 is 0. The Bertz CT molecular complexity index is 2650. The molecule has 2 aromatic rings. The molecule has 804 valence electrons. The number of hydrogen-bond donors (Lipinski definition) is 1. The van der Waals surface area contributed by atoms with Crippen molar-refractivity contribution in [1.82, 2.24) is 4.90 Å². The molecule has 11 nitrogen and oxygen atoms in total. The fourth-order valence-electron chi connectivity index (χ4n) is 20.0. The zero-order chi connectivity index (χ0) is 98.1. The van der Waals surface area contributed by atoms with Crippen LogP contribution >= 0.6 is 0 Å². The van der Waals surface area contributed by atoms with E-state index in [4.69, 9.17) is 33.2 Å². The number of ether oxygens (including phenoxy) is 7. The quantitative estimate of drug-likeness (QED) is 0.0641. The zero-order valence-corrected chi connectivity index (χ0v) is 92.8. The molecule has 3 rings (SSSR count). The summed E-state index contributed by atoms with van der Waals surface area (Å²) in [6, 6.07) is 7.18. The zero-order valence-electron chi connectivity index (χ0n) is 92.8. The Morgan fingerprint density at radius 2 is 0.336 bits per heavy atom. The molecule has 137 heavy (non-hydrogen) atoms. The lowest BCUT2D eigenvalue weighted by atomic mass is 10.0. The number of nitrogens with zero attached hydrogens (tertiary/aromatic N) is 1. The van der Waals surface area contributed by atoms with Crippen molar-refractivity contribution in [1.29, 1.82) is 0 Å². The normalized spacial score (nSPS) is 12.1. The average molecular weight is 1920 g/mol. The van der Waals surface area contributed by atoms with Crippen molar-refractivity contribution < 1.29 is 47.9 Å². The SMILES string of the molecule is CCCCCCCCCCCCCCCCCCOc1cc(C(=O)N2CCOCC2)cc(OCCCCCCCCCCCCCCCCCC)c1OCCCCCCCCCCCCCCCCCC.CCCCCCCCCCCCCCCCCCOc1cc(C(=O)O)cc(OCCCCCCCCCCCCCCCCCC)c1OCCCCCCCCCCCCCCCCCC. The van der Waals surface area contributed by atoms with Crippen molar-refractivity contribution in [3.05, 3.63) is 35.4 Å². The minimum Gasteiger partial charge on any atom is -0.490 e. The van der Waals surface area contributed by atoms with Gasteiger partial charge in [-0.25, -0.2) is 4.79 Å². The molecule has 1 heterocycles. The number of aromatic carboxylic acids is 1. The number of hydrogen-bond acceptors (Lipinski definition) is 9.